The molecule has 0 aromatic carbocycles. The van der Waals surface area contributed by atoms with Crippen LogP contribution in [0, 0.1) is 11.8 Å². The third kappa shape index (κ3) is 6.67. The van der Waals surface area contributed by atoms with Crippen molar-refractivity contribution >= 4 is 110 Å². The number of rotatable bonds is 15. The summed E-state index contributed by atoms with van der Waals surface area (Å²) in [6.07, 6.45) is 13.1. The van der Waals surface area contributed by atoms with E-state index in [0.717, 1.165) is 50.8 Å². The van der Waals surface area contributed by atoms with Gasteiger partial charge in [-0.15, -0.1) is 45.3 Å². The molecule has 0 amide bonds. The molecular formula is C41H43N6S6Si+. The van der Waals surface area contributed by atoms with Gasteiger partial charge in [0.15, 0.2) is 0 Å². The molecule has 3 unspecified atom stereocenters. The molecule has 6 nitrogen and oxygen atoms in total. The fourth-order valence-corrected chi connectivity index (χ4v) is 18.7. The van der Waals surface area contributed by atoms with Crippen LogP contribution in [0.2, 0.25) is 6.04 Å². The summed E-state index contributed by atoms with van der Waals surface area (Å²) in [7, 11) is -1.51. The molecule has 3 atom stereocenters. The van der Waals surface area contributed by atoms with Crippen LogP contribution in [0.4, 0.5) is 0 Å². The van der Waals surface area contributed by atoms with Crippen LogP contribution in [-0.4, -0.2) is 31.9 Å². The molecule has 276 valence electrons. The summed E-state index contributed by atoms with van der Waals surface area (Å²) < 4.78 is 17.2. The molecule has 0 fully saturated rings. The molecule has 9 rings (SSSR count). The Hall–Kier alpha value is -3.04. The number of hydrogen-bond acceptors (Lipinski definition) is 11. The fourth-order valence-electron chi connectivity index (χ4n) is 8.02. The van der Waals surface area contributed by atoms with E-state index in [4.69, 9.17) is 23.1 Å². The van der Waals surface area contributed by atoms with Gasteiger partial charge in [0.2, 0.25) is 5.52 Å². The Morgan fingerprint density at radius 3 is 2.00 bits per heavy atom. The molecule has 0 aliphatic carbocycles. The average Bonchev–Trinajstić information content (AvgIpc) is 4.04. The lowest BCUT2D eigenvalue weighted by Gasteiger charge is -2.19. The zero-order valence-corrected chi connectivity index (χ0v) is 37.1. The van der Waals surface area contributed by atoms with Crippen molar-refractivity contribution in [1.82, 2.24) is 23.1 Å². The Balaban J connectivity index is 1.17. The summed E-state index contributed by atoms with van der Waals surface area (Å²) in [5, 5.41) is 7.49. The summed E-state index contributed by atoms with van der Waals surface area (Å²) in [5.74, 6) is 1.34. The smallest absolute Gasteiger partial charge is 0.252 e. The van der Waals surface area contributed by atoms with Crippen LogP contribution in [0.5, 0.6) is 0 Å². The van der Waals surface area contributed by atoms with Gasteiger partial charge in [-0.05, 0) is 69.7 Å². The Morgan fingerprint density at radius 2 is 1.35 bits per heavy atom. The Morgan fingerprint density at radius 1 is 0.722 bits per heavy atom. The number of thiophene rings is 4. The summed E-state index contributed by atoms with van der Waals surface area (Å²) in [5.41, 5.74) is 8.45. The monoisotopic (exact) mass is 839 g/mol. The lowest BCUT2D eigenvalue weighted by Crippen LogP contribution is -2.38. The molecule has 54 heavy (non-hydrogen) atoms. The summed E-state index contributed by atoms with van der Waals surface area (Å²) >= 11 is 10.3. The van der Waals surface area contributed by atoms with E-state index >= 15 is 0 Å². The second-order valence-corrected chi connectivity index (χ2v) is 22.8. The van der Waals surface area contributed by atoms with Crippen LogP contribution in [0.15, 0.2) is 59.6 Å². The predicted octanol–water partition coefficient (Wildman–Crippen LogP) is 11.7. The molecule has 0 bridgehead atoms. The van der Waals surface area contributed by atoms with E-state index in [0.29, 0.717) is 5.92 Å². The van der Waals surface area contributed by atoms with Crippen molar-refractivity contribution in [1.29, 1.82) is 0 Å². The first-order valence-electron chi connectivity index (χ1n) is 19.2. The van der Waals surface area contributed by atoms with Crippen molar-refractivity contribution in [3.8, 4) is 51.8 Å². The van der Waals surface area contributed by atoms with Crippen LogP contribution in [0.25, 0.3) is 73.8 Å². The summed E-state index contributed by atoms with van der Waals surface area (Å²) in [6.45, 7) is 10.4. The molecule has 1 aliphatic rings. The van der Waals surface area contributed by atoms with Gasteiger partial charge in [0.25, 0.3) is 17.2 Å². The second-order valence-electron chi connectivity index (χ2n) is 14.6. The number of nitrogens with zero attached hydrogens (tertiary/aromatic N) is 6. The molecule has 0 saturated carbocycles. The van der Waals surface area contributed by atoms with Crippen LogP contribution in [-0.2, 0) is 6.54 Å². The maximum Gasteiger partial charge on any atom is 0.278 e. The average molecular weight is 840 g/mol. The fraction of sp³-hybridized carbons (Fsp3) is 0.366. The van der Waals surface area contributed by atoms with E-state index in [2.05, 4.69) is 91.2 Å². The highest BCUT2D eigenvalue weighted by Gasteiger charge is 2.37. The molecule has 0 spiro atoms. The Bertz CT molecular complexity index is 2530. The number of fused-ring (bicyclic) bond motifs is 5. The van der Waals surface area contributed by atoms with Crippen LogP contribution >= 0.6 is 68.8 Å². The van der Waals surface area contributed by atoms with E-state index in [-0.39, 0.29) is 0 Å². The maximum atomic E-state index is 5.15. The van der Waals surface area contributed by atoms with Crippen LogP contribution < -0.4 is 14.3 Å². The van der Waals surface area contributed by atoms with Gasteiger partial charge >= 0.3 is 0 Å². The first-order valence-corrected chi connectivity index (χ1v) is 26.0. The van der Waals surface area contributed by atoms with Gasteiger partial charge in [0.05, 0.1) is 27.0 Å². The Labute approximate surface area is 342 Å². The zero-order valence-electron chi connectivity index (χ0n) is 31.0. The molecule has 1 aliphatic heterocycles. The highest BCUT2D eigenvalue weighted by Crippen LogP contribution is 2.46. The molecule has 0 N–H and O–H groups in total. The topological polar surface area (TPSA) is 68.3 Å². The Kier molecular flexibility index (Phi) is 10.7. The first-order chi connectivity index (χ1) is 26.6. The van der Waals surface area contributed by atoms with Gasteiger partial charge in [-0.3, -0.25) is 4.98 Å². The van der Waals surface area contributed by atoms with Crippen molar-refractivity contribution in [2.45, 2.75) is 85.2 Å². The molecule has 13 heteroatoms. The van der Waals surface area contributed by atoms with Crippen molar-refractivity contribution in [2.24, 2.45) is 11.8 Å². The molecule has 0 radical (unpaired) electrons. The standard InChI is InChI=1S/C41H43N6S6Si/c1-5-8-12-24(4)22-47-39-27(21-43-36(38(39)46-53-47)29-15-11-17-49-29)31-19-33-41(51-31)40-32(54(33)23-25(7-3)13-9-6-2)18-30(50-40)26-20-42-35(28-14-10-16-48-28)37-34(26)44-52-45-37/h10-11,14-21,24-25,54H,5-9,12-13,22-23H2,1-4H3/q+1. The van der Waals surface area contributed by atoms with Gasteiger partial charge in [0, 0.05) is 41.8 Å². The highest BCUT2D eigenvalue weighted by molar-refractivity contribution is 7.30. The van der Waals surface area contributed by atoms with Crippen molar-refractivity contribution in [3.05, 3.63) is 59.6 Å². The highest BCUT2D eigenvalue weighted by atomic mass is 32.1. The SMILES string of the molecule is CCCCC(C)C[n+]1snc2c(-c3cccs3)ncc(-c3cc4c(s3)-c3sc(-c5cnc(-c6cccs6)c6nsnc56)cc3[SiH]4CC(CC)CCCC)c21. The summed E-state index contributed by atoms with van der Waals surface area (Å²) in [4.78, 5) is 18.0. The van der Waals surface area contributed by atoms with E-state index in [1.807, 2.05) is 22.7 Å². The van der Waals surface area contributed by atoms with E-state index in [9.17, 15) is 0 Å². The van der Waals surface area contributed by atoms with Crippen molar-refractivity contribution in [3.63, 3.8) is 0 Å². The van der Waals surface area contributed by atoms with Crippen LogP contribution in [0.3, 0.4) is 0 Å². The number of aromatic nitrogens is 6. The molecule has 8 aromatic rings. The molecule has 8 aromatic heterocycles. The van der Waals surface area contributed by atoms with Gasteiger partial charge < -0.3 is 0 Å². The van der Waals surface area contributed by atoms with E-state index in [1.54, 1.807) is 44.8 Å². The normalized spacial score (nSPS) is 15.0. The molecule has 0 saturated heterocycles. The van der Waals surface area contributed by atoms with Crippen molar-refractivity contribution in [2.75, 3.05) is 0 Å². The van der Waals surface area contributed by atoms with Crippen molar-refractivity contribution < 1.29 is 3.96 Å². The van der Waals surface area contributed by atoms with E-state index in [1.165, 1.54) is 98.2 Å². The lowest BCUT2D eigenvalue weighted by atomic mass is 10.0. The minimum Gasteiger partial charge on any atom is -0.252 e. The maximum absolute atomic E-state index is 5.15. The first kappa shape index (κ1) is 36.6. The summed E-state index contributed by atoms with van der Waals surface area (Å²) in [6, 6.07) is 14.9. The third-order valence-electron chi connectivity index (χ3n) is 11.0. The molecular weight excluding hydrogens is 797 g/mol. The van der Waals surface area contributed by atoms with Gasteiger partial charge in [0.1, 0.15) is 37.8 Å². The third-order valence-corrected chi connectivity index (χ3v) is 20.5. The van der Waals surface area contributed by atoms with Gasteiger partial charge in [-0.25, -0.2) is 4.98 Å². The number of unbranched alkanes of at least 4 members (excludes halogenated alkanes) is 2. The lowest BCUT2D eigenvalue weighted by molar-refractivity contribution is -0.610. The van der Waals surface area contributed by atoms with Gasteiger partial charge in [-0.1, -0.05) is 78.4 Å². The minimum absolute atomic E-state index is 0.587. The van der Waals surface area contributed by atoms with Gasteiger partial charge in [-0.2, -0.15) is 12.7 Å². The zero-order chi connectivity index (χ0) is 36.8. The number of hydrogen-bond donors (Lipinski definition) is 0. The number of pyridine rings is 2. The molecule has 9 heterocycles. The largest absolute Gasteiger partial charge is 0.278 e. The second kappa shape index (κ2) is 15.8. The van der Waals surface area contributed by atoms with E-state index < -0.39 is 8.80 Å². The predicted molar refractivity (Wildman–Crippen MR) is 238 cm³/mol. The quantitative estimate of drug-likeness (QED) is 0.0760. The minimum atomic E-state index is -1.51. The van der Waals surface area contributed by atoms with Crippen LogP contribution in [0.1, 0.15) is 72.6 Å².